The van der Waals surface area contributed by atoms with Gasteiger partial charge in [0.1, 0.15) is 0 Å². The van der Waals surface area contributed by atoms with Crippen molar-refractivity contribution in [2.24, 2.45) is 0 Å². The number of nitrogens with zero attached hydrogens (tertiary/aromatic N) is 1. The fourth-order valence-corrected chi connectivity index (χ4v) is 0.603. The van der Waals surface area contributed by atoms with Gasteiger partial charge in [-0.1, -0.05) is 26.3 Å². The molecule has 0 rings (SSSR count). The Hall–Kier alpha value is -0.110. The van der Waals surface area contributed by atoms with E-state index < -0.39 is 0 Å². The zero-order valence-corrected chi connectivity index (χ0v) is 6.41. The predicted octanol–water partition coefficient (Wildman–Crippen LogP) is 2.08. The molecule has 0 aromatic carbocycles. The molecule has 0 bridgehead atoms. The van der Waals surface area contributed by atoms with Crippen molar-refractivity contribution in [3.63, 3.8) is 0 Å². The maximum absolute atomic E-state index is 4.14. The smallest absolute Gasteiger partial charge is 0.0286 e. The number of hydrogen-bond donors (Lipinski definition) is 1. The maximum atomic E-state index is 4.14. The highest BCUT2D eigenvalue weighted by Gasteiger charge is 1.91. The van der Waals surface area contributed by atoms with Crippen molar-refractivity contribution >= 4 is 12.8 Å². The largest absolute Gasteiger partial charge is 0.324 e. The Bertz CT molecular complexity index is 80.6. The first-order valence-electron chi connectivity index (χ1n) is 2.80. The van der Waals surface area contributed by atoms with E-state index in [4.69, 9.17) is 0 Å². The quantitative estimate of drug-likeness (QED) is 0.574. The van der Waals surface area contributed by atoms with E-state index in [0.717, 1.165) is 18.7 Å². The standard InChI is InChI=1S/C6H13NS/c1-4-5-7(8)6(2)3/h8H,2,4-5H2,1,3H3. The molecule has 0 spiro atoms. The third-order valence-electron chi connectivity index (χ3n) is 0.876. The van der Waals surface area contributed by atoms with Crippen LogP contribution < -0.4 is 0 Å². The Labute approximate surface area is 56.9 Å². The van der Waals surface area contributed by atoms with Crippen molar-refractivity contribution in [3.8, 4) is 0 Å². The van der Waals surface area contributed by atoms with E-state index in [2.05, 4.69) is 26.3 Å². The molecule has 0 fully saturated rings. The molecule has 0 saturated heterocycles. The monoisotopic (exact) mass is 131 g/mol. The lowest BCUT2D eigenvalue weighted by Crippen LogP contribution is -2.08. The van der Waals surface area contributed by atoms with E-state index in [-0.39, 0.29) is 0 Å². The van der Waals surface area contributed by atoms with Crippen LogP contribution in [0.25, 0.3) is 0 Å². The lowest BCUT2D eigenvalue weighted by atomic mass is 10.4. The van der Waals surface area contributed by atoms with Gasteiger partial charge in [-0.05, 0) is 13.3 Å². The molecule has 0 aliphatic carbocycles. The van der Waals surface area contributed by atoms with Gasteiger partial charge in [-0.3, -0.25) is 0 Å². The summed E-state index contributed by atoms with van der Waals surface area (Å²) in [5, 5.41) is 0. The van der Waals surface area contributed by atoms with Crippen molar-refractivity contribution in [1.29, 1.82) is 0 Å². The minimum Gasteiger partial charge on any atom is -0.324 e. The Morgan fingerprint density at radius 2 is 2.25 bits per heavy atom. The van der Waals surface area contributed by atoms with E-state index >= 15 is 0 Å². The lowest BCUT2D eigenvalue weighted by Gasteiger charge is -2.14. The first-order chi connectivity index (χ1) is 3.68. The van der Waals surface area contributed by atoms with Crippen LogP contribution in [0.1, 0.15) is 20.3 Å². The fourth-order valence-electron chi connectivity index (χ4n) is 0.403. The summed E-state index contributed by atoms with van der Waals surface area (Å²) in [7, 11) is 0. The van der Waals surface area contributed by atoms with Gasteiger partial charge >= 0.3 is 0 Å². The minimum atomic E-state index is 0.985. The van der Waals surface area contributed by atoms with Crippen LogP contribution in [0, 0.1) is 0 Å². The zero-order valence-electron chi connectivity index (χ0n) is 5.52. The third-order valence-corrected chi connectivity index (χ3v) is 1.42. The SMILES string of the molecule is C=C(C)N(S)CCC. The second-order valence-electron chi connectivity index (χ2n) is 1.86. The van der Waals surface area contributed by atoms with Gasteiger partial charge < -0.3 is 4.31 Å². The van der Waals surface area contributed by atoms with Crippen LogP contribution in [-0.2, 0) is 0 Å². The molecule has 0 radical (unpaired) electrons. The molecule has 0 aromatic rings. The molecule has 0 unspecified atom stereocenters. The molecule has 0 atom stereocenters. The van der Waals surface area contributed by atoms with Crippen molar-refractivity contribution in [2.75, 3.05) is 6.54 Å². The Morgan fingerprint density at radius 3 is 2.38 bits per heavy atom. The topological polar surface area (TPSA) is 3.24 Å². The summed E-state index contributed by atoms with van der Waals surface area (Å²) in [6, 6.07) is 0. The highest BCUT2D eigenvalue weighted by molar-refractivity contribution is 7.77. The Kier molecular flexibility index (Phi) is 3.79. The van der Waals surface area contributed by atoms with Crippen LogP contribution in [0.15, 0.2) is 12.3 Å². The van der Waals surface area contributed by atoms with Gasteiger partial charge in [-0.25, -0.2) is 0 Å². The normalized spacial score (nSPS) is 8.88. The van der Waals surface area contributed by atoms with Gasteiger partial charge in [0.15, 0.2) is 0 Å². The number of rotatable bonds is 3. The van der Waals surface area contributed by atoms with Crippen molar-refractivity contribution in [2.45, 2.75) is 20.3 Å². The molecule has 8 heavy (non-hydrogen) atoms. The second kappa shape index (κ2) is 3.84. The molecule has 0 saturated carbocycles. The van der Waals surface area contributed by atoms with Crippen LogP contribution in [0.2, 0.25) is 0 Å². The molecule has 0 aliphatic rings. The first kappa shape index (κ1) is 7.89. The maximum Gasteiger partial charge on any atom is 0.0286 e. The lowest BCUT2D eigenvalue weighted by molar-refractivity contribution is 0.574. The van der Waals surface area contributed by atoms with Gasteiger partial charge in [-0.2, -0.15) is 0 Å². The average molecular weight is 131 g/mol. The first-order valence-corrected chi connectivity index (χ1v) is 3.20. The fraction of sp³-hybridized carbons (Fsp3) is 0.667. The van der Waals surface area contributed by atoms with E-state index in [9.17, 15) is 0 Å². The molecular weight excluding hydrogens is 118 g/mol. The summed E-state index contributed by atoms with van der Waals surface area (Å²) in [6.45, 7) is 8.77. The van der Waals surface area contributed by atoms with Gasteiger partial charge in [0.05, 0.1) is 0 Å². The molecule has 0 N–H and O–H groups in total. The predicted molar refractivity (Wildman–Crippen MR) is 40.8 cm³/mol. The highest BCUT2D eigenvalue weighted by Crippen LogP contribution is 2.03. The van der Waals surface area contributed by atoms with E-state index in [0.29, 0.717) is 0 Å². The molecule has 48 valence electrons. The number of allylic oxidation sites excluding steroid dienone is 1. The van der Waals surface area contributed by atoms with Crippen LogP contribution in [0.4, 0.5) is 0 Å². The molecule has 0 amide bonds. The molecule has 0 aromatic heterocycles. The Morgan fingerprint density at radius 1 is 1.75 bits per heavy atom. The van der Waals surface area contributed by atoms with Crippen molar-refractivity contribution < 1.29 is 0 Å². The summed E-state index contributed by atoms with van der Waals surface area (Å²) in [5.41, 5.74) is 1.01. The third kappa shape index (κ3) is 2.97. The summed E-state index contributed by atoms with van der Waals surface area (Å²) in [5.74, 6) is 0. The molecule has 0 aliphatic heterocycles. The van der Waals surface area contributed by atoms with Gasteiger partial charge in [-0.15, -0.1) is 0 Å². The van der Waals surface area contributed by atoms with Crippen LogP contribution in [-0.4, -0.2) is 10.8 Å². The summed E-state index contributed by atoms with van der Waals surface area (Å²) in [4.78, 5) is 0. The van der Waals surface area contributed by atoms with Gasteiger partial charge in [0.25, 0.3) is 0 Å². The second-order valence-corrected chi connectivity index (χ2v) is 2.34. The zero-order chi connectivity index (χ0) is 6.57. The van der Waals surface area contributed by atoms with Crippen molar-refractivity contribution in [3.05, 3.63) is 12.3 Å². The van der Waals surface area contributed by atoms with E-state index in [1.165, 1.54) is 0 Å². The summed E-state index contributed by atoms with van der Waals surface area (Å²) < 4.78 is 1.85. The van der Waals surface area contributed by atoms with Gasteiger partial charge in [0, 0.05) is 12.2 Å². The van der Waals surface area contributed by atoms with Gasteiger partial charge in [0.2, 0.25) is 0 Å². The van der Waals surface area contributed by atoms with Crippen LogP contribution in [0.3, 0.4) is 0 Å². The molecule has 0 heterocycles. The minimum absolute atomic E-state index is 0.985. The summed E-state index contributed by atoms with van der Waals surface area (Å²) >= 11 is 4.14. The number of thiol groups is 1. The van der Waals surface area contributed by atoms with Crippen molar-refractivity contribution in [1.82, 2.24) is 4.31 Å². The molecule has 2 heteroatoms. The van der Waals surface area contributed by atoms with Crippen LogP contribution >= 0.6 is 12.8 Å². The molecular formula is C6H13NS. The van der Waals surface area contributed by atoms with E-state index in [1.54, 1.807) is 0 Å². The molecule has 1 nitrogen and oxygen atoms in total. The Balaban J connectivity index is 3.32. The average Bonchev–Trinajstić information content (AvgIpc) is 1.67. The van der Waals surface area contributed by atoms with E-state index in [1.807, 2.05) is 11.2 Å². The highest BCUT2D eigenvalue weighted by atomic mass is 32.1. The number of hydrogen-bond acceptors (Lipinski definition) is 2. The summed E-state index contributed by atoms with van der Waals surface area (Å²) in [6.07, 6.45) is 1.12. The van der Waals surface area contributed by atoms with Crippen LogP contribution in [0.5, 0.6) is 0 Å².